The molecule has 0 bridgehead atoms. The van der Waals surface area contributed by atoms with Crippen molar-refractivity contribution in [1.29, 1.82) is 0 Å². The molecule has 6 nitrogen and oxygen atoms in total. The molecule has 0 aromatic carbocycles. The van der Waals surface area contributed by atoms with E-state index in [4.69, 9.17) is 0 Å². The molecule has 0 aromatic rings. The van der Waals surface area contributed by atoms with E-state index in [-0.39, 0.29) is 56.6 Å². The van der Waals surface area contributed by atoms with Crippen LogP contribution in [0, 0.1) is 0 Å². The Hall–Kier alpha value is 2.28. The quantitative estimate of drug-likeness (QED) is 0.333. The zero-order valence-corrected chi connectivity index (χ0v) is 10.4. The van der Waals surface area contributed by atoms with Crippen LogP contribution in [0.5, 0.6) is 0 Å². The molecule has 0 aliphatic heterocycles. The summed E-state index contributed by atoms with van der Waals surface area (Å²) in [6.07, 6.45) is -2.81. The average Bonchev–Trinajstić information content (AvgIpc) is 1.59. The van der Waals surface area contributed by atoms with E-state index in [1.54, 1.807) is 0 Å². The number of hydrogen-bond donors (Lipinski definition) is 0. The van der Waals surface area contributed by atoms with Crippen molar-refractivity contribution >= 4 is 30.5 Å². The third kappa shape index (κ3) is 22.8. The molecule has 0 heterocycles. The molecule has 0 aromatic heterocycles. The Kier molecular flexibility index (Phi) is 22.6. The molecule has 0 saturated heterocycles. The summed E-state index contributed by atoms with van der Waals surface area (Å²) in [5.74, 6) is 0. The van der Waals surface area contributed by atoms with E-state index in [1.807, 2.05) is 0 Å². The van der Waals surface area contributed by atoms with Gasteiger partial charge in [-0.05, 0) is 0 Å². The molecule has 0 fully saturated rings. The predicted molar refractivity (Wildman–Crippen MR) is 22.3 cm³/mol. The van der Waals surface area contributed by atoms with Crippen molar-refractivity contribution in [2.75, 3.05) is 0 Å². The van der Waals surface area contributed by atoms with Gasteiger partial charge in [0.15, 0.2) is 0 Å². The van der Waals surface area contributed by atoms with Crippen LogP contribution >= 0.6 is 6.33 Å². The van der Waals surface area contributed by atoms with Crippen molar-refractivity contribution in [3.8, 4) is 0 Å². The van der Waals surface area contributed by atoms with Gasteiger partial charge >= 0.3 is 71.7 Å². The Morgan fingerprint density at radius 1 is 1.08 bits per heavy atom. The van der Waals surface area contributed by atoms with Crippen molar-refractivity contribution in [1.82, 2.24) is 0 Å². The first-order valence-corrected chi connectivity index (χ1v) is 7.26. The van der Waals surface area contributed by atoms with Gasteiger partial charge < -0.3 is 17.9 Å². The summed E-state index contributed by atoms with van der Waals surface area (Å²) in [6.45, 7) is 0. The van der Waals surface area contributed by atoms with Gasteiger partial charge in [-0.3, -0.25) is 9.13 Å². The van der Waals surface area contributed by atoms with E-state index in [9.17, 15) is 23.5 Å². The van der Waals surface area contributed by atoms with E-state index in [0.717, 1.165) is 0 Å². The first kappa shape index (κ1) is 23.8. The minimum atomic E-state index is -5.29. The molecule has 0 unspecified atom stereocenters. The first-order chi connectivity index (χ1) is 3.92. The van der Waals surface area contributed by atoms with Gasteiger partial charge in [-0.25, -0.2) is 0 Å². The smallest absolute Gasteiger partial charge is 0.863 e. The van der Waals surface area contributed by atoms with Gasteiger partial charge in [0.25, 0.3) is 0 Å². The SMILES string of the molecule is O=[P](=O)[AlH][O][Si]([O-])([O-])[O-].[Li+].[Li+].[Li+]. The topological polar surface area (TPSA) is 113 Å². The van der Waals surface area contributed by atoms with Gasteiger partial charge in [-0.2, -0.15) is 9.05 Å². The van der Waals surface area contributed by atoms with Crippen LogP contribution in [0.4, 0.5) is 0 Å². The monoisotopic (exact) mass is 204 g/mol. The Morgan fingerprint density at radius 2 is 1.42 bits per heavy atom. The van der Waals surface area contributed by atoms with Crippen LogP contribution in [0.1, 0.15) is 0 Å². The molecule has 0 spiro atoms. The second-order valence-electron chi connectivity index (χ2n) is 1.11. The molecule has 0 saturated carbocycles. The fourth-order valence-corrected chi connectivity index (χ4v) is 3.56. The summed E-state index contributed by atoms with van der Waals surface area (Å²) >= 11 is -2.18. The zero-order valence-electron chi connectivity index (χ0n) is 7.10. The summed E-state index contributed by atoms with van der Waals surface area (Å²) in [4.78, 5) is 28.7. The van der Waals surface area contributed by atoms with E-state index in [0.29, 0.717) is 0 Å². The zero-order chi connectivity index (χ0) is 7.49. The molecule has 0 aliphatic rings. The van der Waals surface area contributed by atoms with Crippen LogP contribution in [-0.4, -0.2) is 24.2 Å². The molecular weight excluding hydrogens is 203 g/mol. The minimum Gasteiger partial charge on any atom is -0.863 e. The molecule has 12 heavy (non-hydrogen) atoms. The second-order valence-corrected chi connectivity index (χ2v) is 6.51. The Morgan fingerprint density at radius 3 is 1.50 bits per heavy atom. The predicted octanol–water partition coefficient (Wildman–Crippen LogP) is -13.0. The molecule has 0 amide bonds. The maximum absolute atomic E-state index is 9.63. The Labute approximate surface area is 113 Å². The molecule has 0 rings (SSSR count). The van der Waals surface area contributed by atoms with Gasteiger partial charge in [0.1, 0.15) is 0 Å². The number of rotatable bonds is 3. The van der Waals surface area contributed by atoms with E-state index >= 15 is 0 Å². The molecule has 0 radical (unpaired) electrons. The summed E-state index contributed by atoms with van der Waals surface area (Å²) < 4.78 is 22.8. The van der Waals surface area contributed by atoms with Crippen molar-refractivity contribution in [2.45, 2.75) is 0 Å². The molecule has 12 heteroatoms. The molecule has 0 N–H and O–H groups in total. The van der Waals surface area contributed by atoms with Crippen molar-refractivity contribution in [3.05, 3.63) is 0 Å². The maximum atomic E-state index is 9.63. The fourth-order valence-electron chi connectivity index (χ4n) is 0.132. The largest absolute Gasteiger partial charge is 1.00 e. The van der Waals surface area contributed by atoms with Gasteiger partial charge in [0, 0.05) is 0 Å². The van der Waals surface area contributed by atoms with Gasteiger partial charge in [0.05, 0.1) is 0 Å². The minimum absolute atomic E-state index is 0. The van der Waals surface area contributed by atoms with Crippen LogP contribution in [0.3, 0.4) is 0 Å². The van der Waals surface area contributed by atoms with Crippen molar-refractivity contribution in [2.24, 2.45) is 0 Å². The number of hydrogen-bond acceptors (Lipinski definition) is 6. The van der Waals surface area contributed by atoms with E-state index < -0.39 is 30.5 Å². The maximum Gasteiger partial charge on any atom is 1.00 e. The van der Waals surface area contributed by atoms with Crippen LogP contribution in [0.25, 0.3) is 0 Å². The first-order valence-electron chi connectivity index (χ1n) is 1.79. The van der Waals surface area contributed by atoms with Crippen LogP contribution < -0.4 is 71.0 Å². The van der Waals surface area contributed by atoms with E-state index in [2.05, 4.69) is 3.48 Å². The normalized spacial score (nSPS) is 8.25. The molecule has 0 aliphatic carbocycles. The molecule has 52 valence electrons. The van der Waals surface area contributed by atoms with Crippen LogP contribution in [-0.2, 0) is 12.6 Å². The van der Waals surface area contributed by atoms with E-state index in [1.165, 1.54) is 0 Å². The van der Waals surface area contributed by atoms with Crippen molar-refractivity contribution in [3.63, 3.8) is 0 Å². The Bertz CT molecular complexity index is 145. The molecular formula is HAlLi3O6PSi. The standard InChI is InChI=1S/Al.3Li.O4Si.O2P.H/c;;;;1-5(2,3)4;1-3-2;/q4*+1;-4;;. The summed E-state index contributed by atoms with van der Waals surface area (Å²) in [5.41, 5.74) is 0. The summed E-state index contributed by atoms with van der Waals surface area (Å²) in [5, 5.41) is 0. The fraction of sp³-hybridized carbons (Fsp3) is 0. The van der Waals surface area contributed by atoms with Gasteiger partial charge in [-0.1, -0.05) is 0 Å². The van der Waals surface area contributed by atoms with Crippen LogP contribution in [0.2, 0.25) is 0 Å². The molecule has 0 atom stereocenters. The summed E-state index contributed by atoms with van der Waals surface area (Å²) in [7, 11) is -5.29. The summed E-state index contributed by atoms with van der Waals surface area (Å²) in [6, 6.07) is 0. The van der Waals surface area contributed by atoms with Crippen molar-refractivity contribution < 1.29 is 83.6 Å². The average molecular weight is 204 g/mol. The third-order valence-electron chi connectivity index (χ3n) is 0.347. The van der Waals surface area contributed by atoms with Gasteiger partial charge in [0.2, 0.25) is 6.33 Å². The van der Waals surface area contributed by atoms with Crippen LogP contribution in [0.15, 0.2) is 0 Å². The Balaban J connectivity index is -0.000000107. The second kappa shape index (κ2) is 11.4. The van der Waals surface area contributed by atoms with Gasteiger partial charge in [-0.15, -0.1) is 0 Å². The third-order valence-corrected chi connectivity index (χ3v) is 4.28.